The van der Waals surface area contributed by atoms with Crippen LogP contribution in [0.15, 0.2) is 24.3 Å². The highest BCUT2D eigenvalue weighted by atomic mass is 19.1. The summed E-state index contributed by atoms with van der Waals surface area (Å²) in [5.74, 6) is -1.39. The molecule has 0 unspecified atom stereocenters. The van der Waals surface area contributed by atoms with E-state index in [4.69, 9.17) is 0 Å². The van der Waals surface area contributed by atoms with Crippen molar-refractivity contribution in [3.63, 3.8) is 0 Å². The average molecular weight is 305 g/mol. The Balaban J connectivity index is 2.00. The Labute approximate surface area is 126 Å². The van der Waals surface area contributed by atoms with Gasteiger partial charge in [0, 0.05) is 26.2 Å². The zero-order chi connectivity index (χ0) is 15.7. The van der Waals surface area contributed by atoms with Crippen molar-refractivity contribution in [2.24, 2.45) is 0 Å². The molecule has 3 rings (SSSR count). The van der Waals surface area contributed by atoms with Gasteiger partial charge in [-0.1, -0.05) is 12.1 Å². The van der Waals surface area contributed by atoms with Crippen molar-refractivity contribution in [1.82, 2.24) is 19.9 Å². The van der Waals surface area contributed by atoms with Crippen LogP contribution in [0.5, 0.6) is 0 Å². The van der Waals surface area contributed by atoms with E-state index in [-0.39, 0.29) is 17.2 Å². The summed E-state index contributed by atoms with van der Waals surface area (Å²) < 4.78 is 13.8. The molecule has 1 saturated heterocycles. The van der Waals surface area contributed by atoms with Gasteiger partial charge in [-0.3, -0.25) is 0 Å². The van der Waals surface area contributed by atoms with E-state index in [0.717, 1.165) is 17.9 Å². The van der Waals surface area contributed by atoms with Gasteiger partial charge in [0.25, 0.3) is 0 Å². The summed E-state index contributed by atoms with van der Waals surface area (Å²) >= 11 is 0. The number of carbonyl (C=O) groups is 1. The van der Waals surface area contributed by atoms with E-state index in [1.54, 1.807) is 12.1 Å². The Morgan fingerprint density at radius 3 is 2.50 bits per heavy atom. The first kappa shape index (κ1) is 14.5. The number of piperazine rings is 1. The van der Waals surface area contributed by atoms with Gasteiger partial charge in [0.05, 0.1) is 0 Å². The van der Waals surface area contributed by atoms with Gasteiger partial charge in [-0.05, 0) is 19.2 Å². The normalized spacial score (nSPS) is 16.0. The van der Waals surface area contributed by atoms with E-state index in [0.29, 0.717) is 13.1 Å². The van der Waals surface area contributed by atoms with Gasteiger partial charge in [0.1, 0.15) is 5.69 Å². The van der Waals surface area contributed by atoms with Crippen molar-refractivity contribution in [2.45, 2.75) is 0 Å². The van der Waals surface area contributed by atoms with E-state index < -0.39 is 11.8 Å². The number of aromatic nitrogens is 3. The number of benzene rings is 1. The molecule has 8 heteroatoms. The number of nitrogens with zero attached hydrogens (tertiary/aromatic N) is 5. The van der Waals surface area contributed by atoms with Crippen LogP contribution in [0.3, 0.4) is 0 Å². The lowest BCUT2D eigenvalue weighted by atomic mass is 10.3. The van der Waals surface area contributed by atoms with Gasteiger partial charge < -0.3 is 14.9 Å². The Hall–Kier alpha value is -2.48. The maximum Gasteiger partial charge on any atom is 0.360 e. The highest BCUT2D eigenvalue weighted by Crippen LogP contribution is 2.20. The summed E-state index contributed by atoms with van der Waals surface area (Å²) in [5, 5.41) is 17.5. The molecule has 2 heterocycles. The highest BCUT2D eigenvalue weighted by molar-refractivity contribution is 5.91. The van der Waals surface area contributed by atoms with E-state index in [1.165, 1.54) is 12.1 Å². The third-order valence-electron chi connectivity index (χ3n) is 3.67. The van der Waals surface area contributed by atoms with Gasteiger partial charge in [0.15, 0.2) is 11.6 Å². The Morgan fingerprint density at radius 2 is 1.86 bits per heavy atom. The second-order valence-electron chi connectivity index (χ2n) is 5.21. The smallest absolute Gasteiger partial charge is 0.360 e. The SMILES string of the molecule is CN1CCN(c2nn(-c3ccccc3F)nc2C(=O)O)CC1. The number of carboxylic acids is 1. The minimum absolute atomic E-state index is 0.130. The number of carboxylic acid groups (broad SMARTS) is 1. The van der Waals surface area contributed by atoms with Crippen LogP contribution >= 0.6 is 0 Å². The molecule has 0 amide bonds. The van der Waals surface area contributed by atoms with E-state index in [9.17, 15) is 14.3 Å². The number of likely N-dealkylation sites (N-methyl/N-ethyl adjacent to an activating group) is 1. The molecule has 0 radical (unpaired) electrons. The second-order valence-corrected chi connectivity index (χ2v) is 5.21. The number of anilines is 1. The fraction of sp³-hybridized carbons (Fsp3) is 0.357. The molecule has 1 N–H and O–H groups in total. The molecule has 0 bridgehead atoms. The molecule has 1 aliphatic heterocycles. The summed E-state index contributed by atoms with van der Waals surface area (Å²) in [5.41, 5.74) is -0.0295. The lowest BCUT2D eigenvalue weighted by Gasteiger charge is -2.32. The number of hydrogen-bond acceptors (Lipinski definition) is 5. The Kier molecular flexibility index (Phi) is 3.76. The Bertz CT molecular complexity index is 694. The molecule has 22 heavy (non-hydrogen) atoms. The van der Waals surface area contributed by atoms with Gasteiger partial charge in [-0.25, -0.2) is 9.18 Å². The molecule has 2 aromatic rings. The van der Waals surface area contributed by atoms with Crippen LogP contribution in [0.2, 0.25) is 0 Å². The fourth-order valence-corrected chi connectivity index (χ4v) is 2.39. The van der Waals surface area contributed by atoms with Gasteiger partial charge in [-0.2, -0.15) is 0 Å². The number of halogens is 1. The molecule has 0 saturated carbocycles. The van der Waals surface area contributed by atoms with Crippen LogP contribution in [0, 0.1) is 5.82 Å². The predicted molar refractivity (Wildman–Crippen MR) is 78.0 cm³/mol. The molecule has 0 aliphatic carbocycles. The molecule has 116 valence electrons. The first-order chi connectivity index (χ1) is 10.6. The van der Waals surface area contributed by atoms with Gasteiger partial charge in [-0.15, -0.1) is 15.0 Å². The van der Waals surface area contributed by atoms with Gasteiger partial charge in [0.2, 0.25) is 5.69 Å². The van der Waals surface area contributed by atoms with Crippen molar-refractivity contribution in [2.75, 3.05) is 38.1 Å². The van der Waals surface area contributed by atoms with Crippen molar-refractivity contribution in [1.29, 1.82) is 0 Å². The largest absolute Gasteiger partial charge is 0.476 e. The zero-order valence-electron chi connectivity index (χ0n) is 12.1. The van der Waals surface area contributed by atoms with Crippen LogP contribution in [-0.2, 0) is 0 Å². The molecule has 7 nitrogen and oxygen atoms in total. The molecule has 0 atom stereocenters. The maximum absolute atomic E-state index is 13.8. The monoisotopic (exact) mass is 305 g/mol. The molecular weight excluding hydrogens is 289 g/mol. The topological polar surface area (TPSA) is 74.5 Å². The molecule has 1 aliphatic rings. The van der Waals surface area contributed by atoms with Gasteiger partial charge >= 0.3 is 5.97 Å². The zero-order valence-corrected chi connectivity index (χ0v) is 12.1. The van der Waals surface area contributed by atoms with E-state index >= 15 is 0 Å². The van der Waals surface area contributed by atoms with Crippen molar-refractivity contribution in [3.05, 3.63) is 35.8 Å². The Morgan fingerprint density at radius 1 is 1.18 bits per heavy atom. The van der Waals surface area contributed by atoms with Crippen LogP contribution in [0.4, 0.5) is 10.2 Å². The van der Waals surface area contributed by atoms with Crippen molar-refractivity contribution < 1.29 is 14.3 Å². The predicted octanol–water partition coefficient (Wildman–Crippen LogP) is 0.856. The minimum atomic E-state index is -1.17. The molecule has 1 aromatic carbocycles. The fourth-order valence-electron chi connectivity index (χ4n) is 2.39. The maximum atomic E-state index is 13.8. The number of hydrogen-bond donors (Lipinski definition) is 1. The van der Waals surface area contributed by atoms with E-state index in [2.05, 4.69) is 15.1 Å². The lowest BCUT2D eigenvalue weighted by Crippen LogP contribution is -2.45. The molecule has 0 spiro atoms. The molecular formula is C14H16FN5O2. The summed E-state index contributed by atoms with van der Waals surface area (Å²) in [6, 6.07) is 6.00. The molecule has 1 fully saturated rings. The second kappa shape index (κ2) is 5.72. The first-order valence-corrected chi connectivity index (χ1v) is 6.95. The van der Waals surface area contributed by atoms with Crippen LogP contribution in [-0.4, -0.2) is 64.2 Å². The third kappa shape index (κ3) is 2.64. The minimum Gasteiger partial charge on any atom is -0.476 e. The molecule has 1 aromatic heterocycles. The third-order valence-corrected chi connectivity index (χ3v) is 3.67. The van der Waals surface area contributed by atoms with E-state index in [1.807, 2.05) is 11.9 Å². The quantitative estimate of drug-likeness (QED) is 0.906. The van der Waals surface area contributed by atoms with Crippen LogP contribution < -0.4 is 4.90 Å². The number of rotatable bonds is 3. The van der Waals surface area contributed by atoms with Crippen LogP contribution in [0.1, 0.15) is 10.5 Å². The van der Waals surface area contributed by atoms with Crippen molar-refractivity contribution >= 4 is 11.8 Å². The lowest BCUT2D eigenvalue weighted by molar-refractivity contribution is 0.0690. The van der Waals surface area contributed by atoms with Crippen LogP contribution in [0.25, 0.3) is 5.69 Å². The summed E-state index contributed by atoms with van der Waals surface area (Å²) in [4.78, 5) is 16.5. The van der Waals surface area contributed by atoms with Crippen molar-refractivity contribution in [3.8, 4) is 5.69 Å². The summed E-state index contributed by atoms with van der Waals surface area (Å²) in [6.07, 6.45) is 0. The number of aromatic carboxylic acids is 1. The summed E-state index contributed by atoms with van der Waals surface area (Å²) in [6.45, 7) is 2.94. The first-order valence-electron chi connectivity index (χ1n) is 6.95. The standard InChI is InChI=1S/C14H16FN5O2/c1-18-6-8-19(9-7-18)13-12(14(21)22)16-20(17-13)11-5-3-2-4-10(11)15/h2-5H,6-9H2,1H3,(H,21,22). The number of para-hydroxylation sites is 1. The average Bonchev–Trinajstić information content (AvgIpc) is 2.93. The summed E-state index contributed by atoms with van der Waals surface area (Å²) in [7, 11) is 2.01. The highest BCUT2D eigenvalue weighted by Gasteiger charge is 2.26.